The van der Waals surface area contributed by atoms with Crippen LogP contribution in [0.4, 0.5) is 0 Å². The number of benzene rings is 1. The molecular weight excluding hydrogens is 306 g/mol. The normalized spacial score (nSPS) is 18.3. The number of rotatable bonds is 4. The number of thioether (sulfide) groups is 1. The zero-order valence-corrected chi connectivity index (χ0v) is 13.6. The molecule has 1 aliphatic heterocycles. The molecule has 1 heterocycles. The second-order valence-electron chi connectivity index (χ2n) is 5.37. The first kappa shape index (κ1) is 16.4. The number of aliphatic hydroxyl groups is 1. The van der Waals surface area contributed by atoms with Gasteiger partial charge in [0.25, 0.3) is 0 Å². The lowest BCUT2D eigenvalue weighted by Gasteiger charge is -2.31. The van der Waals surface area contributed by atoms with E-state index in [-0.39, 0.29) is 5.91 Å². The van der Waals surface area contributed by atoms with Gasteiger partial charge in [-0.25, -0.2) is 0 Å². The maximum atomic E-state index is 12.1. The Balaban J connectivity index is 1.95. The van der Waals surface area contributed by atoms with E-state index >= 15 is 0 Å². The molecule has 0 radical (unpaired) electrons. The molecule has 0 saturated carbocycles. The Bertz CT molecular complexity index is 539. The monoisotopic (exact) mass is 325 g/mol. The van der Waals surface area contributed by atoms with Gasteiger partial charge in [-0.1, -0.05) is 29.8 Å². The topological polar surface area (TPSA) is 49.3 Å². The molecule has 3 nitrogen and oxygen atoms in total. The zero-order valence-electron chi connectivity index (χ0n) is 12.1. The molecule has 1 fully saturated rings. The first-order valence-electron chi connectivity index (χ1n) is 7.01. The van der Waals surface area contributed by atoms with Crippen LogP contribution in [0.15, 0.2) is 29.8 Å². The summed E-state index contributed by atoms with van der Waals surface area (Å²) < 4.78 is 0. The third-order valence-electron chi connectivity index (χ3n) is 3.64. The van der Waals surface area contributed by atoms with E-state index in [0.29, 0.717) is 17.1 Å². The molecule has 0 atom stereocenters. The molecule has 1 aromatic carbocycles. The van der Waals surface area contributed by atoms with Crippen LogP contribution in [0.5, 0.6) is 0 Å². The van der Waals surface area contributed by atoms with Crippen molar-refractivity contribution in [1.29, 1.82) is 0 Å². The third-order valence-corrected chi connectivity index (χ3v) is 4.97. The maximum Gasteiger partial charge on any atom is 0.247 e. The number of nitrogens with one attached hydrogen (secondary N) is 1. The van der Waals surface area contributed by atoms with Gasteiger partial charge in [0.05, 0.1) is 5.60 Å². The lowest BCUT2D eigenvalue weighted by Crippen LogP contribution is -2.45. The van der Waals surface area contributed by atoms with Crippen LogP contribution >= 0.6 is 23.4 Å². The molecule has 0 aliphatic carbocycles. The van der Waals surface area contributed by atoms with Crippen LogP contribution in [0.3, 0.4) is 0 Å². The van der Waals surface area contributed by atoms with E-state index in [0.717, 1.165) is 29.9 Å². The summed E-state index contributed by atoms with van der Waals surface area (Å²) in [5, 5.41) is 13.8. The first-order chi connectivity index (χ1) is 10.0. The molecule has 0 unspecified atom stereocenters. The van der Waals surface area contributed by atoms with E-state index < -0.39 is 5.60 Å². The van der Waals surface area contributed by atoms with E-state index in [1.807, 2.05) is 30.0 Å². The van der Waals surface area contributed by atoms with Crippen LogP contribution in [0.1, 0.15) is 25.3 Å². The van der Waals surface area contributed by atoms with Crippen molar-refractivity contribution < 1.29 is 9.90 Å². The summed E-state index contributed by atoms with van der Waals surface area (Å²) in [6, 6.07) is 7.39. The largest absolute Gasteiger partial charge is 0.388 e. The van der Waals surface area contributed by atoms with Crippen LogP contribution in [-0.4, -0.2) is 34.7 Å². The minimum absolute atomic E-state index is 0.165. The van der Waals surface area contributed by atoms with E-state index in [9.17, 15) is 9.90 Å². The van der Waals surface area contributed by atoms with Crippen molar-refractivity contribution >= 4 is 35.3 Å². The van der Waals surface area contributed by atoms with Gasteiger partial charge in [-0.3, -0.25) is 4.79 Å². The van der Waals surface area contributed by atoms with Crippen molar-refractivity contribution in [2.24, 2.45) is 0 Å². The van der Waals surface area contributed by atoms with Gasteiger partial charge in [-0.15, -0.1) is 0 Å². The summed E-state index contributed by atoms with van der Waals surface area (Å²) in [6.07, 6.45) is 3.22. The highest BCUT2D eigenvalue weighted by molar-refractivity contribution is 7.99. The van der Waals surface area contributed by atoms with Gasteiger partial charge in [0, 0.05) is 17.1 Å². The number of carbonyl (C=O) groups excluding carboxylic acids is 1. The highest BCUT2D eigenvalue weighted by Gasteiger charge is 2.29. The van der Waals surface area contributed by atoms with E-state index in [1.165, 1.54) is 0 Å². The summed E-state index contributed by atoms with van der Waals surface area (Å²) in [4.78, 5) is 12.1. The first-order valence-corrected chi connectivity index (χ1v) is 8.55. The minimum atomic E-state index is -0.758. The molecule has 1 aromatic rings. The van der Waals surface area contributed by atoms with Crippen molar-refractivity contribution in [3.05, 3.63) is 40.4 Å². The van der Waals surface area contributed by atoms with E-state index in [1.54, 1.807) is 19.1 Å². The molecule has 1 saturated heterocycles. The fraction of sp³-hybridized carbons (Fsp3) is 0.438. The average Bonchev–Trinajstić information content (AvgIpc) is 2.48. The van der Waals surface area contributed by atoms with Gasteiger partial charge in [0.2, 0.25) is 5.91 Å². The molecule has 5 heteroatoms. The standard InChI is InChI=1S/C16H20ClNO2S/c1-12(10-13-4-2-3-5-14(13)17)15(19)18-11-16(20)6-8-21-9-7-16/h2-5,10,20H,6-9,11H2,1H3,(H,18,19)/b12-10-. The Hall–Kier alpha value is -0.970. The number of hydrogen-bond donors (Lipinski definition) is 2. The van der Waals surface area contributed by atoms with Crippen molar-refractivity contribution in [3.8, 4) is 0 Å². The predicted octanol–water partition coefficient (Wildman–Crippen LogP) is 3.12. The van der Waals surface area contributed by atoms with Crippen molar-refractivity contribution in [1.82, 2.24) is 5.32 Å². The predicted molar refractivity (Wildman–Crippen MR) is 89.6 cm³/mol. The Morgan fingerprint density at radius 1 is 1.43 bits per heavy atom. The molecule has 0 bridgehead atoms. The van der Waals surface area contributed by atoms with Gasteiger partial charge in [0.1, 0.15) is 0 Å². The van der Waals surface area contributed by atoms with Crippen LogP contribution in [0.25, 0.3) is 6.08 Å². The molecule has 2 rings (SSSR count). The average molecular weight is 326 g/mol. The second kappa shape index (κ2) is 7.34. The van der Waals surface area contributed by atoms with Gasteiger partial charge in [-0.05, 0) is 49.0 Å². The highest BCUT2D eigenvalue weighted by atomic mass is 35.5. The number of amides is 1. The molecule has 0 aromatic heterocycles. The Morgan fingerprint density at radius 2 is 2.10 bits per heavy atom. The lowest BCUT2D eigenvalue weighted by molar-refractivity contribution is -0.118. The van der Waals surface area contributed by atoms with Crippen molar-refractivity contribution in [3.63, 3.8) is 0 Å². The van der Waals surface area contributed by atoms with Crippen LogP contribution in [-0.2, 0) is 4.79 Å². The summed E-state index contributed by atoms with van der Waals surface area (Å²) in [5.41, 5.74) is 0.641. The molecule has 21 heavy (non-hydrogen) atoms. The van der Waals surface area contributed by atoms with Crippen LogP contribution < -0.4 is 5.32 Å². The minimum Gasteiger partial charge on any atom is -0.388 e. The summed E-state index contributed by atoms with van der Waals surface area (Å²) in [7, 11) is 0. The van der Waals surface area contributed by atoms with E-state index in [4.69, 9.17) is 11.6 Å². The SMILES string of the molecule is C/C(=C/c1ccccc1Cl)C(=O)NCC1(O)CCSCC1. The third kappa shape index (κ3) is 4.77. The smallest absolute Gasteiger partial charge is 0.247 e. The highest BCUT2D eigenvalue weighted by Crippen LogP contribution is 2.26. The fourth-order valence-electron chi connectivity index (χ4n) is 2.20. The molecular formula is C16H20ClNO2S. The van der Waals surface area contributed by atoms with Gasteiger partial charge in [-0.2, -0.15) is 11.8 Å². The molecule has 1 aliphatic rings. The van der Waals surface area contributed by atoms with Gasteiger partial charge in [0.15, 0.2) is 0 Å². The quantitative estimate of drug-likeness (QED) is 0.836. The lowest BCUT2D eigenvalue weighted by atomic mass is 9.97. The Morgan fingerprint density at radius 3 is 2.76 bits per heavy atom. The van der Waals surface area contributed by atoms with E-state index in [2.05, 4.69) is 5.32 Å². The Kier molecular flexibility index (Phi) is 5.73. The molecule has 1 amide bonds. The van der Waals surface area contributed by atoms with Crippen molar-refractivity contribution in [2.45, 2.75) is 25.4 Å². The van der Waals surface area contributed by atoms with Gasteiger partial charge < -0.3 is 10.4 Å². The van der Waals surface area contributed by atoms with Crippen LogP contribution in [0.2, 0.25) is 5.02 Å². The fourth-order valence-corrected chi connectivity index (χ4v) is 3.65. The Labute approximate surface area is 134 Å². The molecule has 0 spiro atoms. The molecule has 114 valence electrons. The second-order valence-corrected chi connectivity index (χ2v) is 7.00. The van der Waals surface area contributed by atoms with Gasteiger partial charge >= 0.3 is 0 Å². The number of hydrogen-bond acceptors (Lipinski definition) is 3. The number of carbonyl (C=O) groups is 1. The summed E-state index contributed by atoms with van der Waals surface area (Å²) in [6.45, 7) is 2.06. The maximum absolute atomic E-state index is 12.1. The summed E-state index contributed by atoms with van der Waals surface area (Å²) >= 11 is 7.92. The number of halogens is 1. The van der Waals surface area contributed by atoms with Crippen LogP contribution in [0, 0.1) is 0 Å². The molecule has 2 N–H and O–H groups in total. The summed E-state index contributed by atoms with van der Waals surface area (Å²) in [5.74, 6) is 1.73. The van der Waals surface area contributed by atoms with Crippen molar-refractivity contribution in [2.75, 3.05) is 18.1 Å². The zero-order chi connectivity index (χ0) is 15.3.